The number of nitrogens with one attached hydrogen (secondary N) is 1. The molecule has 0 atom stereocenters. The third-order valence-electron chi connectivity index (χ3n) is 2.93. The topological polar surface area (TPSA) is 29.9 Å². The van der Waals surface area contributed by atoms with Crippen molar-refractivity contribution in [3.63, 3.8) is 0 Å². The molecule has 0 aromatic carbocycles. The largest absolute Gasteiger partial charge is 0.419 e. The molecule has 0 unspecified atom stereocenters. The molecule has 3 nitrogen and oxygen atoms in total. The van der Waals surface area contributed by atoms with Crippen LogP contribution in [-0.2, 0) is 12.7 Å². The summed E-state index contributed by atoms with van der Waals surface area (Å²) < 4.78 is 38.5. The van der Waals surface area contributed by atoms with Crippen molar-refractivity contribution in [2.75, 3.05) is 6.54 Å². The minimum absolute atomic E-state index is 0.142. The zero-order valence-electron chi connectivity index (χ0n) is 12.4. The lowest BCUT2D eigenvalue weighted by molar-refractivity contribution is -0.137. The fourth-order valence-electron chi connectivity index (χ4n) is 1.85. The molecule has 0 aliphatic heterocycles. The van der Waals surface area contributed by atoms with E-state index in [1.807, 2.05) is 0 Å². The number of nitrogens with zero attached hydrogens (tertiary/aromatic N) is 2. The molecule has 1 rings (SSSR count). The molecule has 1 aromatic rings. The molecular formula is C14H24F3N3. The second kappa shape index (κ2) is 7.11. The number of rotatable bonds is 7. The number of aromatic nitrogens is 2. The highest BCUT2D eigenvalue weighted by molar-refractivity contribution is 5.08. The van der Waals surface area contributed by atoms with E-state index in [0.717, 1.165) is 44.6 Å². The van der Waals surface area contributed by atoms with Crippen LogP contribution in [0.4, 0.5) is 13.2 Å². The standard InChI is InChI=1S/C14H24F3N3/c1-13(2,3)18-8-6-4-5-7-9-20-11-12(10-19-20)14(15,16)17/h10-11,18H,4-9H2,1-3H3. The summed E-state index contributed by atoms with van der Waals surface area (Å²) in [5.41, 5.74) is -0.532. The molecular weight excluding hydrogens is 267 g/mol. The highest BCUT2D eigenvalue weighted by Gasteiger charge is 2.32. The highest BCUT2D eigenvalue weighted by Crippen LogP contribution is 2.28. The van der Waals surface area contributed by atoms with Gasteiger partial charge in [0.15, 0.2) is 0 Å². The Morgan fingerprint density at radius 1 is 1.10 bits per heavy atom. The van der Waals surface area contributed by atoms with Crippen LogP contribution < -0.4 is 5.32 Å². The van der Waals surface area contributed by atoms with Crippen molar-refractivity contribution in [2.45, 2.75) is 64.7 Å². The summed E-state index contributed by atoms with van der Waals surface area (Å²) in [6.45, 7) is 7.90. The van der Waals surface area contributed by atoms with Crippen molar-refractivity contribution < 1.29 is 13.2 Å². The van der Waals surface area contributed by atoms with E-state index in [1.54, 1.807) is 0 Å². The van der Waals surface area contributed by atoms with Gasteiger partial charge >= 0.3 is 6.18 Å². The van der Waals surface area contributed by atoms with Crippen molar-refractivity contribution in [3.05, 3.63) is 18.0 Å². The van der Waals surface area contributed by atoms with Crippen molar-refractivity contribution in [3.8, 4) is 0 Å². The van der Waals surface area contributed by atoms with E-state index in [2.05, 4.69) is 31.2 Å². The molecule has 0 bridgehead atoms. The lowest BCUT2D eigenvalue weighted by Gasteiger charge is -2.20. The smallest absolute Gasteiger partial charge is 0.312 e. The van der Waals surface area contributed by atoms with E-state index < -0.39 is 11.7 Å². The van der Waals surface area contributed by atoms with Gasteiger partial charge < -0.3 is 5.32 Å². The van der Waals surface area contributed by atoms with Gasteiger partial charge in [-0.2, -0.15) is 18.3 Å². The first-order chi connectivity index (χ1) is 9.18. The van der Waals surface area contributed by atoms with Gasteiger partial charge in [0.2, 0.25) is 0 Å². The molecule has 0 radical (unpaired) electrons. The maximum absolute atomic E-state index is 12.4. The van der Waals surface area contributed by atoms with Gasteiger partial charge in [-0.15, -0.1) is 0 Å². The molecule has 0 aliphatic carbocycles. The quantitative estimate of drug-likeness (QED) is 0.773. The number of unbranched alkanes of at least 4 members (excludes halogenated alkanes) is 3. The summed E-state index contributed by atoms with van der Waals surface area (Å²) in [5, 5.41) is 7.14. The number of alkyl halides is 3. The Labute approximate surface area is 118 Å². The Morgan fingerprint density at radius 3 is 2.30 bits per heavy atom. The van der Waals surface area contributed by atoms with Crippen molar-refractivity contribution in [1.82, 2.24) is 15.1 Å². The molecule has 116 valence electrons. The molecule has 20 heavy (non-hydrogen) atoms. The van der Waals surface area contributed by atoms with Crippen LogP contribution in [0, 0.1) is 0 Å². The minimum atomic E-state index is -4.29. The van der Waals surface area contributed by atoms with E-state index in [1.165, 1.54) is 4.68 Å². The summed E-state index contributed by atoms with van der Waals surface area (Å²) in [6.07, 6.45) is 1.69. The third-order valence-corrected chi connectivity index (χ3v) is 2.93. The number of aryl methyl sites for hydroxylation is 1. The Bertz CT molecular complexity index is 391. The van der Waals surface area contributed by atoms with Crippen LogP contribution in [0.15, 0.2) is 12.4 Å². The SMILES string of the molecule is CC(C)(C)NCCCCCCn1cc(C(F)(F)F)cn1. The first kappa shape index (κ1) is 17.0. The maximum atomic E-state index is 12.4. The summed E-state index contributed by atoms with van der Waals surface area (Å²) >= 11 is 0. The van der Waals surface area contributed by atoms with Crippen molar-refractivity contribution in [2.24, 2.45) is 0 Å². The number of hydrogen-bond acceptors (Lipinski definition) is 2. The Balaban J connectivity index is 2.11. The first-order valence-corrected chi connectivity index (χ1v) is 7.03. The molecule has 0 saturated carbocycles. The summed E-state index contributed by atoms with van der Waals surface area (Å²) in [6, 6.07) is 0. The molecule has 0 saturated heterocycles. The average Bonchev–Trinajstić information content (AvgIpc) is 2.74. The monoisotopic (exact) mass is 291 g/mol. The molecule has 0 aliphatic rings. The van der Waals surface area contributed by atoms with Crippen LogP contribution in [0.25, 0.3) is 0 Å². The van der Waals surface area contributed by atoms with Gasteiger partial charge in [-0.25, -0.2) is 0 Å². The van der Waals surface area contributed by atoms with Gasteiger partial charge in [-0.05, 0) is 40.2 Å². The van der Waals surface area contributed by atoms with Crippen molar-refractivity contribution in [1.29, 1.82) is 0 Å². The predicted octanol–water partition coefficient (Wildman–Crippen LogP) is 3.85. The third kappa shape index (κ3) is 6.93. The number of halogens is 3. The van der Waals surface area contributed by atoms with Gasteiger partial charge in [0.1, 0.15) is 0 Å². The molecule has 1 aromatic heterocycles. The lowest BCUT2D eigenvalue weighted by Crippen LogP contribution is -2.36. The van der Waals surface area contributed by atoms with Crippen molar-refractivity contribution >= 4 is 0 Å². The van der Waals surface area contributed by atoms with E-state index >= 15 is 0 Å². The fraction of sp³-hybridized carbons (Fsp3) is 0.786. The van der Waals surface area contributed by atoms with E-state index in [0.29, 0.717) is 6.54 Å². The average molecular weight is 291 g/mol. The maximum Gasteiger partial charge on any atom is 0.419 e. The molecule has 0 fully saturated rings. The van der Waals surface area contributed by atoms with Gasteiger partial charge in [0.05, 0.1) is 11.8 Å². The summed E-state index contributed by atoms with van der Waals surface area (Å²) in [7, 11) is 0. The zero-order chi connectivity index (χ0) is 15.2. The lowest BCUT2D eigenvalue weighted by atomic mass is 10.1. The summed E-state index contributed by atoms with van der Waals surface area (Å²) in [5.74, 6) is 0. The molecule has 1 heterocycles. The normalized spacial score (nSPS) is 12.9. The first-order valence-electron chi connectivity index (χ1n) is 7.03. The van der Waals surface area contributed by atoms with Gasteiger partial charge in [0, 0.05) is 18.3 Å². The Hall–Kier alpha value is -1.04. The highest BCUT2D eigenvalue weighted by atomic mass is 19.4. The van der Waals surface area contributed by atoms with Crippen LogP contribution >= 0.6 is 0 Å². The minimum Gasteiger partial charge on any atom is -0.312 e. The van der Waals surface area contributed by atoms with Crippen LogP contribution in [0.3, 0.4) is 0 Å². The van der Waals surface area contributed by atoms with Gasteiger partial charge in [-0.1, -0.05) is 12.8 Å². The van der Waals surface area contributed by atoms with E-state index in [9.17, 15) is 13.2 Å². The fourth-order valence-corrected chi connectivity index (χ4v) is 1.85. The zero-order valence-corrected chi connectivity index (χ0v) is 12.4. The van der Waals surface area contributed by atoms with Gasteiger partial charge in [-0.3, -0.25) is 4.68 Å². The molecule has 0 spiro atoms. The van der Waals surface area contributed by atoms with Gasteiger partial charge in [0.25, 0.3) is 0 Å². The van der Waals surface area contributed by atoms with Crippen LogP contribution in [0.2, 0.25) is 0 Å². The molecule has 6 heteroatoms. The van der Waals surface area contributed by atoms with Crippen LogP contribution in [0.1, 0.15) is 52.0 Å². The second-order valence-corrected chi connectivity index (χ2v) is 6.08. The van der Waals surface area contributed by atoms with E-state index in [-0.39, 0.29) is 5.54 Å². The second-order valence-electron chi connectivity index (χ2n) is 6.08. The van der Waals surface area contributed by atoms with E-state index in [4.69, 9.17) is 0 Å². The molecule has 0 amide bonds. The Morgan fingerprint density at radius 2 is 1.75 bits per heavy atom. The number of hydrogen-bond donors (Lipinski definition) is 1. The Kier molecular flexibility index (Phi) is 6.05. The summed E-state index contributed by atoms with van der Waals surface area (Å²) in [4.78, 5) is 0. The van der Waals surface area contributed by atoms with Crippen LogP contribution in [-0.4, -0.2) is 21.9 Å². The molecule has 1 N–H and O–H groups in total. The predicted molar refractivity (Wildman–Crippen MR) is 73.5 cm³/mol. The van der Waals surface area contributed by atoms with Crippen LogP contribution in [0.5, 0.6) is 0 Å².